The second kappa shape index (κ2) is 3.67. The van der Waals surface area contributed by atoms with Gasteiger partial charge in [0.25, 0.3) is 0 Å². The topological polar surface area (TPSA) is 50.2 Å². The first kappa shape index (κ1) is 8.46. The maximum absolute atomic E-state index is 11.2. The highest BCUT2D eigenvalue weighted by molar-refractivity contribution is 6.04. The zero-order valence-electron chi connectivity index (χ0n) is 6.69. The van der Waals surface area contributed by atoms with Gasteiger partial charge < -0.3 is 5.11 Å². The largest absolute Gasteiger partial charge is 0.512 e. The average Bonchev–Trinajstić information content (AvgIpc) is 2.05. The highest BCUT2D eigenvalue weighted by Crippen LogP contribution is 2.00. The van der Waals surface area contributed by atoms with Gasteiger partial charge in [0, 0.05) is 24.0 Å². The number of hydrogen-bond donors (Lipinski definition) is 1. The molecule has 0 atom stereocenters. The lowest BCUT2D eigenvalue weighted by molar-refractivity contribution is 0.104. The molecule has 0 unspecified atom stereocenters. The third kappa shape index (κ3) is 2.20. The Morgan fingerprint density at radius 3 is 2.58 bits per heavy atom. The number of aromatic nitrogens is 1. The van der Waals surface area contributed by atoms with Crippen molar-refractivity contribution in [1.82, 2.24) is 4.98 Å². The molecule has 0 spiro atoms. The Morgan fingerprint density at radius 1 is 1.50 bits per heavy atom. The first-order valence-corrected chi connectivity index (χ1v) is 3.52. The first-order chi connectivity index (χ1) is 5.70. The quantitative estimate of drug-likeness (QED) is 0.410. The van der Waals surface area contributed by atoms with E-state index in [0.29, 0.717) is 5.56 Å². The third-order valence-electron chi connectivity index (χ3n) is 1.30. The molecular weight excluding hydrogens is 154 g/mol. The van der Waals surface area contributed by atoms with Crippen molar-refractivity contribution in [2.45, 2.75) is 6.92 Å². The van der Waals surface area contributed by atoms with Crippen molar-refractivity contribution in [3.05, 3.63) is 41.9 Å². The fourth-order valence-corrected chi connectivity index (χ4v) is 0.789. The second-order valence-electron chi connectivity index (χ2n) is 2.39. The van der Waals surface area contributed by atoms with Crippen LogP contribution in [0.5, 0.6) is 0 Å². The van der Waals surface area contributed by atoms with E-state index in [1.165, 1.54) is 25.4 Å². The van der Waals surface area contributed by atoms with Crippen LogP contribution >= 0.6 is 0 Å². The molecule has 12 heavy (non-hydrogen) atoms. The summed E-state index contributed by atoms with van der Waals surface area (Å²) in [6, 6.07) is 3.20. The number of ketones is 1. The molecule has 1 aromatic heterocycles. The SMILES string of the molecule is C/C(O)=C\C(=O)c1ccncc1. The van der Waals surface area contributed by atoms with Crippen LogP contribution in [0, 0.1) is 0 Å². The summed E-state index contributed by atoms with van der Waals surface area (Å²) < 4.78 is 0. The molecule has 0 bridgehead atoms. The standard InChI is InChI=1S/C9H9NO2/c1-7(11)6-9(12)8-2-4-10-5-3-8/h2-6,11H,1H3/b7-6+. The van der Waals surface area contributed by atoms with E-state index in [9.17, 15) is 4.79 Å². The minimum absolute atomic E-state index is 0.0109. The summed E-state index contributed by atoms with van der Waals surface area (Å²) in [7, 11) is 0. The van der Waals surface area contributed by atoms with E-state index < -0.39 is 0 Å². The molecule has 0 aromatic carbocycles. The molecule has 62 valence electrons. The van der Waals surface area contributed by atoms with E-state index >= 15 is 0 Å². The van der Waals surface area contributed by atoms with Gasteiger partial charge in [-0.1, -0.05) is 0 Å². The zero-order chi connectivity index (χ0) is 8.97. The molecular formula is C9H9NO2. The van der Waals surface area contributed by atoms with Crippen molar-refractivity contribution in [3.8, 4) is 0 Å². The Morgan fingerprint density at radius 2 is 2.08 bits per heavy atom. The van der Waals surface area contributed by atoms with Crippen molar-refractivity contribution < 1.29 is 9.90 Å². The van der Waals surface area contributed by atoms with Crippen LogP contribution in [-0.4, -0.2) is 15.9 Å². The molecule has 0 radical (unpaired) electrons. The summed E-state index contributed by atoms with van der Waals surface area (Å²) in [5.74, 6) is -0.200. The fourth-order valence-electron chi connectivity index (χ4n) is 0.789. The van der Waals surface area contributed by atoms with Crippen molar-refractivity contribution in [3.63, 3.8) is 0 Å². The number of nitrogens with zero attached hydrogens (tertiary/aromatic N) is 1. The lowest BCUT2D eigenvalue weighted by Gasteiger charge is -1.93. The van der Waals surface area contributed by atoms with Crippen molar-refractivity contribution >= 4 is 5.78 Å². The van der Waals surface area contributed by atoms with Gasteiger partial charge in [-0.05, 0) is 19.1 Å². The number of pyridine rings is 1. The molecule has 0 amide bonds. The Labute approximate surface area is 70.4 Å². The monoisotopic (exact) mass is 163 g/mol. The maximum Gasteiger partial charge on any atom is 0.189 e. The number of allylic oxidation sites excluding steroid dienone is 2. The molecule has 0 aliphatic carbocycles. The van der Waals surface area contributed by atoms with Gasteiger partial charge in [-0.3, -0.25) is 9.78 Å². The van der Waals surface area contributed by atoms with Gasteiger partial charge in [0.1, 0.15) is 0 Å². The summed E-state index contributed by atoms with van der Waals surface area (Å²) in [6.07, 6.45) is 4.25. The highest BCUT2D eigenvalue weighted by atomic mass is 16.3. The van der Waals surface area contributed by atoms with Crippen LogP contribution < -0.4 is 0 Å². The van der Waals surface area contributed by atoms with E-state index in [1.807, 2.05) is 0 Å². The Balaban J connectivity index is 2.87. The molecule has 1 rings (SSSR count). The smallest absolute Gasteiger partial charge is 0.189 e. The molecule has 0 saturated heterocycles. The normalized spacial score (nSPS) is 11.2. The minimum Gasteiger partial charge on any atom is -0.512 e. The van der Waals surface area contributed by atoms with Gasteiger partial charge in [-0.15, -0.1) is 0 Å². The molecule has 1 N–H and O–H groups in total. The van der Waals surface area contributed by atoms with Gasteiger partial charge in [-0.2, -0.15) is 0 Å². The predicted octanol–water partition coefficient (Wildman–Crippen LogP) is 1.73. The molecule has 0 aliphatic heterocycles. The third-order valence-corrected chi connectivity index (χ3v) is 1.30. The summed E-state index contributed by atoms with van der Waals surface area (Å²) >= 11 is 0. The Bertz CT molecular complexity index is 300. The van der Waals surface area contributed by atoms with E-state index in [0.717, 1.165) is 0 Å². The van der Waals surface area contributed by atoms with E-state index in [1.54, 1.807) is 12.1 Å². The number of aliphatic hydroxyl groups is 1. The molecule has 0 aliphatic rings. The van der Waals surface area contributed by atoms with Gasteiger partial charge in [-0.25, -0.2) is 0 Å². The van der Waals surface area contributed by atoms with Crippen LogP contribution in [0.2, 0.25) is 0 Å². The molecule has 1 heterocycles. The van der Waals surface area contributed by atoms with Crippen LogP contribution in [0.25, 0.3) is 0 Å². The molecule has 0 saturated carbocycles. The Kier molecular flexibility index (Phi) is 2.58. The van der Waals surface area contributed by atoms with Crippen LogP contribution in [0.3, 0.4) is 0 Å². The highest BCUT2D eigenvalue weighted by Gasteiger charge is 2.00. The summed E-state index contributed by atoms with van der Waals surface area (Å²) in [5, 5.41) is 8.81. The molecule has 0 fully saturated rings. The van der Waals surface area contributed by atoms with Gasteiger partial charge in [0.2, 0.25) is 0 Å². The van der Waals surface area contributed by atoms with Crippen LogP contribution in [0.15, 0.2) is 36.4 Å². The number of hydrogen-bond acceptors (Lipinski definition) is 3. The van der Waals surface area contributed by atoms with Gasteiger partial charge >= 0.3 is 0 Å². The zero-order valence-corrected chi connectivity index (χ0v) is 6.69. The van der Waals surface area contributed by atoms with Crippen molar-refractivity contribution in [2.75, 3.05) is 0 Å². The molecule has 1 aromatic rings. The Hall–Kier alpha value is -1.64. The maximum atomic E-state index is 11.2. The minimum atomic E-state index is -0.211. The lowest BCUT2D eigenvalue weighted by atomic mass is 10.1. The van der Waals surface area contributed by atoms with Crippen molar-refractivity contribution in [1.29, 1.82) is 0 Å². The average molecular weight is 163 g/mol. The van der Waals surface area contributed by atoms with Crippen molar-refractivity contribution in [2.24, 2.45) is 0 Å². The number of carbonyl (C=O) groups is 1. The number of rotatable bonds is 2. The van der Waals surface area contributed by atoms with E-state index in [4.69, 9.17) is 5.11 Å². The first-order valence-electron chi connectivity index (χ1n) is 3.52. The van der Waals surface area contributed by atoms with Crippen LogP contribution in [0.4, 0.5) is 0 Å². The van der Waals surface area contributed by atoms with E-state index in [2.05, 4.69) is 4.98 Å². The molecule has 3 nitrogen and oxygen atoms in total. The second-order valence-corrected chi connectivity index (χ2v) is 2.39. The molecule has 3 heteroatoms. The summed E-state index contributed by atoms with van der Waals surface area (Å²) in [5.41, 5.74) is 0.526. The van der Waals surface area contributed by atoms with Crippen LogP contribution in [-0.2, 0) is 0 Å². The van der Waals surface area contributed by atoms with Gasteiger partial charge in [0.15, 0.2) is 5.78 Å². The van der Waals surface area contributed by atoms with Crippen LogP contribution in [0.1, 0.15) is 17.3 Å². The summed E-state index contributed by atoms with van der Waals surface area (Å²) in [4.78, 5) is 15.0. The van der Waals surface area contributed by atoms with E-state index in [-0.39, 0.29) is 11.5 Å². The summed E-state index contributed by atoms with van der Waals surface area (Å²) in [6.45, 7) is 1.46. The lowest BCUT2D eigenvalue weighted by Crippen LogP contribution is -1.95. The van der Waals surface area contributed by atoms with Gasteiger partial charge in [0.05, 0.1) is 5.76 Å². The number of aliphatic hydroxyl groups excluding tert-OH is 1. The predicted molar refractivity (Wildman–Crippen MR) is 45.0 cm³/mol. The fraction of sp³-hybridized carbons (Fsp3) is 0.111. The number of carbonyl (C=O) groups excluding carboxylic acids is 1.